The van der Waals surface area contributed by atoms with Crippen molar-refractivity contribution in [1.29, 1.82) is 0 Å². The van der Waals surface area contributed by atoms with E-state index in [4.69, 9.17) is 4.42 Å². The molecule has 7 aromatic carbocycles. The van der Waals surface area contributed by atoms with Gasteiger partial charge in [-0.1, -0.05) is 152 Å². The highest BCUT2D eigenvalue weighted by molar-refractivity contribution is 6.21. The molecule has 0 N–H and O–H groups in total. The van der Waals surface area contributed by atoms with Crippen LogP contribution in [-0.2, 0) is 0 Å². The summed E-state index contributed by atoms with van der Waals surface area (Å²) in [5.74, 6) is 0. The minimum atomic E-state index is 0.890. The second-order valence-corrected chi connectivity index (χ2v) is 10.9. The zero-order valence-corrected chi connectivity index (χ0v) is 23.6. The first-order chi connectivity index (χ1) is 21.3. The van der Waals surface area contributed by atoms with Crippen LogP contribution in [0.25, 0.3) is 82.9 Å². The molecule has 1 nitrogen and oxygen atoms in total. The van der Waals surface area contributed by atoms with E-state index in [-0.39, 0.29) is 0 Å². The molecule has 8 rings (SSSR count). The quantitative estimate of drug-likeness (QED) is 0.154. The van der Waals surface area contributed by atoms with Crippen molar-refractivity contribution in [3.63, 3.8) is 0 Å². The fourth-order valence-electron chi connectivity index (χ4n) is 6.62. The number of fused-ring (bicyclic) bond motifs is 5. The second kappa shape index (κ2) is 10.3. The van der Waals surface area contributed by atoms with Crippen molar-refractivity contribution in [2.75, 3.05) is 0 Å². The van der Waals surface area contributed by atoms with Gasteiger partial charge in [0.25, 0.3) is 0 Å². The molecule has 0 atom stereocenters. The van der Waals surface area contributed by atoms with E-state index in [2.05, 4.69) is 140 Å². The second-order valence-electron chi connectivity index (χ2n) is 10.9. The molecule has 0 fully saturated rings. The molecule has 1 aromatic heterocycles. The Hall–Kier alpha value is -5.66. The summed E-state index contributed by atoms with van der Waals surface area (Å²) in [4.78, 5) is 0. The Morgan fingerprint density at radius 3 is 1.56 bits per heavy atom. The Morgan fingerprint density at radius 2 is 0.953 bits per heavy atom. The topological polar surface area (TPSA) is 13.1 Å². The normalized spacial score (nSPS) is 11.7. The first-order valence-corrected chi connectivity index (χ1v) is 14.6. The van der Waals surface area contributed by atoms with Crippen LogP contribution in [0.5, 0.6) is 0 Å². The van der Waals surface area contributed by atoms with Crippen LogP contribution in [-0.4, -0.2) is 0 Å². The molecule has 0 aliphatic heterocycles. The molecular formula is C42H28O. The lowest BCUT2D eigenvalue weighted by atomic mass is 9.85. The van der Waals surface area contributed by atoms with Crippen LogP contribution < -0.4 is 0 Å². The molecule has 1 heterocycles. The average Bonchev–Trinajstić information content (AvgIpc) is 3.46. The number of benzene rings is 7. The summed E-state index contributed by atoms with van der Waals surface area (Å²) in [6, 6.07) is 49.9. The standard InChI is InChI=1S/C42H28O/c1-2-3-13-30-16-11-22-37-41(30)42-32(21-12-23-38(42)43-37)28-24-26-31(27-25-28)40-35-19-9-7-17-33(35)39(29-14-5-4-6-15-29)34-18-8-10-20-36(34)40/h2-27H,1H2/b13-3-. The first-order valence-electron chi connectivity index (χ1n) is 14.6. The van der Waals surface area contributed by atoms with Gasteiger partial charge in [-0.25, -0.2) is 0 Å². The maximum absolute atomic E-state index is 6.31. The minimum absolute atomic E-state index is 0.890. The van der Waals surface area contributed by atoms with E-state index in [1.54, 1.807) is 6.08 Å². The van der Waals surface area contributed by atoms with Crippen LogP contribution in [0.2, 0.25) is 0 Å². The lowest BCUT2D eigenvalue weighted by Crippen LogP contribution is -1.90. The third-order valence-corrected chi connectivity index (χ3v) is 8.44. The minimum Gasteiger partial charge on any atom is -0.456 e. The van der Waals surface area contributed by atoms with E-state index >= 15 is 0 Å². The molecule has 0 spiro atoms. The van der Waals surface area contributed by atoms with E-state index in [9.17, 15) is 0 Å². The Bertz CT molecular complexity index is 2280. The van der Waals surface area contributed by atoms with Crippen molar-refractivity contribution in [3.05, 3.63) is 164 Å². The largest absolute Gasteiger partial charge is 0.456 e. The highest BCUT2D eigenvalue weighted by Crippen LogP contribution is 2.44. The first kappa shape index (κ1) is 25.1. The van der Waals surface area contributed by atoms with Gasteiger partial charge in [0.05, 0.1) is 0 Å². The molecule has 0 aliphatic rings. The lowest BCUT2D eigenvalue weighted by molar-refractivity contribution is 0.669. The van der Waals surface area contributed by atoms with Crippen LogP contribution in [0.3, 0.4) is 0 Å². The molecule has 43 heavy (non-hydrogen) atoms. The summed E-state index contributed by atoms with van der Waals surface area (Å²) in [7, 11) is 0. The number of hydrogen-bond donors (Lipinski definition) is 0. The number of allylic oxidation sites excluding steroid dienone is 2. The Kier molecular flexibility index (Phi) is 6.02. The summed E-state index contributed by atoms with van der Waals surface area (Å²) in [6.45, 7) is 3.85. The third kappa shape index (κ3) is 4.09. The summed E-state index contributed by atoms with van der Waals surface area (Å²) in [6.07, 6.45) is 5.88. The van der Waals surface area contributed by atoms with E-state index in [0.29, 0.717) is 0 Å². The van der Waals surface area contributed by atoms with Gasteiger partial charge >= 0.3 is 0 Å². The smallest absolute Gasteiger partial charge is 0.136 e. The highest BCUT2D eigenvalue weighted by Gasteiger charge is 2.18. The van der Waals surface area contributed by atoms with Gasteiger partial charge in [0.2, 0.25) is 0 Å². The third-order valence-electron chi connectivity index (χ3n) is 8.44. The zero-order chi connectivity index (χ0) is 28.8. The maximum atomic E-state index is 6.31. The van der Waals surface area contributed by atoms with Gasteiger partial charge in [-0.05, 0) is 72.6 Å². The molecule has 0 saturated heterocycles. The van der Waals surface area contributed by atoms with Crippen LogP contribution in [0.15, 0.2) is 163 Å². The number of rotatable bonds is 5. The molecule has 0 saturated carbocycles. The van der Waals surface area contributed by atoms with Crippen LogP contribution >= 0.6 is 0 Å². The van der Waals surface area contributed by atoms with Crippen molar-refractivity contribution >= 4 is 49.6 Å². The van der Waals surface area contributed by atoms with Gasteiger partial charge in [-0.3, -0.25) is 0 Å². The molecule has 202 valence electrons. The Morgan fingerprint density at radius 1 is 0.442 bits per heavy atom. The number of furan rings is 1. The highest BCUT2D eigenvalue weighted by atomic mass is 16.3. The van der Waals surface area contributed by atoms with Gasteiger partial charge < -0.3 is 4.42 Å². The van der Waals surface area contributed by atoms with Crippen molar-refractivity contribution in [2.24, 2.45) is 0 Å². The van der Waals surface area contributed by atoms with Gasteiger partial charge in [0.15, 0.2) is 0 Å². The maximum Gasteiger partial charge on any atom is 0.136 e. The fraction of sp³-hybridized carbons (Fsp3) is 0. The predicted molar refractivity (Wildman–Crippen MR) is 184 cm³/mol. The van der Waals surface area contributed by atoms with Crippen LogP contribution in [0.4, 0.5) is 0 Å². The fourth-order valence-corrected chi connectivity index (χ4v) is 6.62. The molecular weight excluding hydrogens is 520 g/mol. The Labute approximate surface area is 250 Å². The van der Waals surface area contributed by atoms with Gasteiger partial charge in [-0.2, -0.15) is 0 Å². The molecule has 0 amide bonds. The molecule has 8 aromatic rings. The summed E-state index contributed by atoms with van der Waals surface area (Å²) >= 11 is 0. The molecule has 0 aliphatic carbocycles. The van der Waals surface area contributed by atoms with Gasteiger partial charge in [0.1, 0.15) is 11.2 Å². The van der Waals surface area contributed by atoms with Gasteiger partial charge in [0, 0.05) is 10.8 Å². The summed E-state index contributed by atoms with van der Waals surface area (Å²) < 4.78 is 6.31. The molecule has 0 radical (unpaired) electrons. The average molecular weight is 549 g/mol. The molecule has 0 bridgehead atoms. The Balaban J connectivity index is 1.34. The van der Waals surface area contributed by atoms with E-state index < -0.39 is 0 Å². The van der Waals surface area contributed by atoms with E-state index in [1.165, 1.54) is 43.8 Å². The number of hydrogen-bond acceptors (Lipinski definition) is 1. The monoisotopic (exact) mass is 548 g/mol. The lowest BCUT2D eigenvalue weighted by Gasteiger charge is -2.18. The zero-order valence-electron chi connectivity index (χ0n) is 23.6. The summed E-state index contributed by atoms with van der Waals surface area (Å²) in [5.41, 5.74) is 10.2. The summed E-state index contributed by atoms with van der Waals surface area (Å²) in [5, 5.41) is 7.31. The van der Waals surface area contributed by atoms with Crippen LogP contribution in [0.1, 0.15) is 5.56 Å². The van der Waals surface area contributed by atoms with E-state index in [1.807, 2.05) is 18.2 Å². The van der Waals surface area contributed by atoms with E-state index in [0.717, 1.165) is 38.6 Å². The predicted octanol–water partition coefficient (Wildman–Crippen LogP) is 12.1. The van der Waals surface area contributed by atoms with Crippen molar-refractivity contribution in [2.45, 2.75) is 0 Å². The van der Waals surface area contributed by atoms with Crippen molar-refractivity contribution in [3.8, 4) is 33.4 Å². The molecule has 1 heteroatoms. The van der Waals surface area contributed by atoms with Crippen molar-refractivity contribution < 1.29 is 4.42 Å². The SMILES string of the molecule is C=C/C=C\c1cccc2oc3cccc(-c4ccc(-c5c6ccccc6c(-c6ccccc6)c6ccccc56)cc4)c3c12. The van der Waals surface area contributed by atoms with Gasteiger partial charge in [-0.15, -0.1) is 0 Å². The van der Waals surface area contributed by atoms with Crippen LogP contribution in [0, 0.1) is 0 Å². The molecule has 0 unspecified atom stereocenters. The van der Waals surface area contributed by atoms with Crippen molar-refractivity contribution in [1.82, 2.24) is 0 Å².